The largest absolute Gasteiger partial charge is 0.376 e. The Labute approximate surface area is 117 Å². The first-order valence-corrected chi connectivity index (χ1v) is 6.67. The normalized spacial score (nSPS) is 19.4. The van der Waals surface area contributed by atoms with Crippen LogP contribution in [-0.4, -0.2) is 43.7 Å². The van der Waals surface area contributed by atoms with E-state index in [2.05, 4.69) is 0 Å². The Kier molecular flexibility index (Phi) is 7.83. The number of likely N-dealkylation sites (N-methyl/N-ethyl adjacent to an activating group) is 1. The molecule has 18 heavy (non-hydrogen) atoms. The Morgan fingerprint density at radius 1 is 1.44 bits per heavy atom. The van der Waals surface area contributed by atoms with Gasteiger partial charge in [0, 0.05) is 26.7 Å². The average Bonchev–Trinajstić information content (AvgIpc) is 2.84. The average molecular weight is 279 g/mol. The van der Waals surface area contributed by atoms with Crippen molar-refractivity contribution in [3.63, 3.8) is 0 Å². The number of rotatable bonds is 6. The maximum atomic E-state index is 12.4. The predicted molar refractivity (Wildman–Crippen MR) is 75.9 cm³/mol. The third kappa shape index (κ3) is 3.84. The van der Waals surface area contributed by atoms with Crippen LogP contribution in [-0.2, 0) is 9.53 Å². The fraction of sp³-hybridized carbons (Fsp3) is 0.923. The van der Waals surface area contributed by atoms with Crippen LogP contribution >= 0.6 is 12.4 Å². The van der Waals surface area contributed by atoms with E-state index in [1.54, 1.807) is 4.90 Å². The van der Waals surface area contributed by atoms with Crippen LogP contribution in [0.1, 0.15) is 39.5 Å². The third-order valence-corrected chi connectivity index (χ3v) is 4.05. The van der Waals surface area contributed by atoms with E-state index in [0.717, 1.165) is 32.3 Å². The lowest BCUT2D eigenvalue weighted by molar-refractivity contribution is -0.142. The molecule has 1 aliphatic rings. The summed E-state index contributed by atoms with van der Waals surface area (Å²) in [4.78, 5) is 14.2. The summed E-state index contributed by atoms with van der Waals surface area (Å²) in [5, 5.41) is 0. The quantitative estimate of drug-likeness (QED) is 0.806. The van der Waals surface area contributed by atoms with Crippen LogP contribution in [0, 0.1) is 5.41 Å². The van der Waals surface area contributed by atoms with Gasteiger partial charge in [0.2, 0.25) is 5.91 Å². The maximum absolute atomic E-state index is 12.4. The van der Waals surface area contributed by atoms with Gasteiger partial charge in [-0.2, -0.15) is 0 Å². The topological polar surface area (TPSA) is 55.6 Å². The summed E-state index contributed by atoms with van der Waals surface area (Å²) in [6.07, 6.45) is 3.98. The molecule has 1 saturated heterocycles. The molecule has 1 unspecified atom stereocenters. The number of nitrogens with zero attached hydrogens (tertiary/aromatic N) is 1. The smallest absolute Gasteiger partial charge is 0.229 e. The number of halogens is 1. The number of carbonyl (C=O) groups excluding carboxylic acids is 1. The highest BCUT2D eigenvalue weighted by atomic mass is 35.5. The number of amides is 1. The van der Waals surface area contributed by atoms with E-state index in [1.807, 2.05) is 20.9 Å². The lowest BCUT2D eigenvalue weighted by Crippen LogP contribution is -2.48. The molecule has 0 aromatic rings. The van der Waals surface area contributed by atoms with Crippen molar-refractivity contribution in [3.05, 3.63) is 0 Å². The molecule has 0 aromatic carbocycles. The minimum absolute atomic E-state index is 0. The minimum atomic E-state index is -0.382. The van der Waals surface area contributed by atoms with Gasteiger partial charge in [-0.05, 0) is 25.7 Å². The molecule has 0 aliphatic carbocycles. The van der Waals surface area contributed by atoms with Crippen LogP contribution in [0.2, 0.25) is 0 Å². The molecule has 1 fully saturated rings. The van der Waals surface area contributed by atoms with Gasteiger partial charge in [0.15, 0.2) is 0 Å². The van der Waals surface area contributed by atoms with Gasteiger partial charge in [0.05, 0.1) is 11.5 Å². The number of nitrogens with two attached hydrogens (primary N) is 1. The zero-order valence-corrected chi connectivity index (χ0v) is 12.6. The van der Waals surface area contributed by atoms with Gasteiger partial charge >= 0.3 is 0 Å². The Bertz CT molecular complexity index is 243. The first kappa shape index (κ1) is 17.7. The molecular weight excluding hydrogens is 252 g/mol. The first-order chi connectivity index (χ1) is 8.09. The van der Waals surface area contributed by atoms with Crippen molar-refractivity contribution in [2.75, 3.05) is 26.7 Å². The molecule has 1 heterocycles. The summed E-state index contributed by atoms with van der Waals surface area (Å²) in [6.45, 7) is 6.02. The molecule has 108 valence electrons. The van der Waals surface area contributed by atoms with Crippen molar-refractivity contribution in [1.29, 1.82) is 0 Å². The number of ether oxygens (including phenoxy) is 1. The van der Waals surface area contributed by atoms with Crippen LogP contribution < -0.4 is 5.73 Å². The van der Waals surface area contributed by atoms with Crippen LogP contribution in [0.15, 0.2) is 0 Å². The molecule has 1 aliphatic heterocycles. The molecule has 1 rings (SSSR count). The lowest BCUT2D eigenvalue weighted by Gasteiger charge is -2.34. The molecule has 0 radical (unpaired) electrons. The van der Waals surface area contributed by atoms with Crippen molar-refractivity contribution < 1.29 is 9.53 Å². The molecular formula is C13H27ClN2O2. The molecule has 4 nitrogen and oxygen atoms in total. The van der Waals surface area contributed by atoms with E-state index in [9.17, 15) is 4.79 Å². The minimum Gasteiger partial charge on any atom is -0.376 e. The summed E-state index contributed by atoms with van der Waals surface area (Å²) in [5.74, 6) is 0.167. The van der Waals surface area contributed by atoms with Gasteiger partial charge in [-0.25, -0.2) is 0 Å². The second-order valence-corrected chi connectivity index (χ2v) is 5.01. The first-order valence-electron chi connectivity index (χ1n) is 6.67. The van der Waals surface area contributed by atoms with Crippen LogP contribution in [0.3, 0.4) is 0 Å². The van der Waals surface area contributed by atoms with Crippen molar-refractivity contribution in [2.45, 2.75) is 45.6 Å². The molecule has 1 amide bonds. The van der Waals surface area contributed by atoms with Gasteiger partial charge in [-0.15, -0.1) is 12.4 Å². The van der Waals surface area contributed by atoms with Crippen LogP contribution in [0.25, 0.3) is 0 Å². The van der Waals surface area contributed by atoms with E-state index in [1.165, 1.54) is 0 Å². The van der Waals surface area contributed by atoms with E-state index < -0.39 is 0 Å². The highest BCUT2D eigenvalue weighted by molar-refractivity contribution is 5.85. The van der Waals surface area contributed by atoms with E-state index >= 15 is 0 Å². The van der Waals surface area contributed by atoms with Gasteiger partial charge < -0.3 is 15.4 Å². The van der Waals surface area contributed by atoms with E-state index in [0.29, 0.717) is 13.1 Å². The highest BCUT2D eigenvalue weighted by Gasteiger charge is 2.36. The zero-order chi connectivity index (χ0) is 12.9. The van der Waals surface area contributed by atoms with Crippen LogP contribution in [0.4, 0.5) is 0 Å². The van der Waals surface area contributed by atoms with Crippen molar-refractivity contribution in [2.24, 2.45) is 11.1 Å². The van der Waals surface area contributed by atoms with E-state index in [4.69, 9.17) is 10.5 Å². The predicted octanol–water partition coefficient (Wildman–Crippen LogP) is 1.81. The van der Waals surface area contributed by atoms with Gasteiger partial charge in [-0.3, -0.25) is 4.79 Å². The molecule has 5 heteroatoms. The summed E-state index contributed by atoms with van der Waals surface area (Å²) < 4.78 is 5.56. The molecule has 1 atom stereocenters. The summed E-state index contributed by atoms with van der Waals surface area (Å²) in [5.41, 5.74) is 5.42. The van der Waals surface area contributed by atoms with Crippen molar-refractivity contribution >= 4 is 18.3 Å². The zero-order valence-electron chi connectivity index (χ0n) is 11.8. The molecule has 0 spiro atoms. The fourth-order valence-corrected chi connectivity index (χ4v) is 2.51. The van der Waals surface area contributed by atoms with Crippen molar-refractivity contribution in [1.82, 2.24) is 4.90 Å². The Balaban J connectivity index is 0.00000289. The fourth-order valence-electron chi connectivity index (χ4n) is 2.51. The SMILES string of the molecule is CCC(CC)(CN)C(=O)N(C)CC1CCCO1.Cl. The van der Waals surface area contributed by atoms with Gasteiger partial charge in [-0.1, -0.05) is 13.8 Å². The summed E-state index contributed by atoms with van der Waals surface area (Å²) >= 11 is 0. The number of carbonyl (C=O) groups is 1. The standard InChI is InChI=1S/C13H26N2O2.ClH/c1-4-13(5-2,10-14)12(16)15(3)9-11-7-6-8-17-11;/h11H,4-10,14H2,1-3H3;1H. The Hall–Kier alpha value is -0.320. The summed E-state index contributed by atoms with van der Waals surface area (Å²) in [7, 11) is 1.86. The second kappa shape index (κ2) is 7.97. The molecule has 0 aromatic heterocycles. The third-order valence-electron chi connectivity index (χ3n) is 4.05. The molecule has 0 saturated carbocycles. The maximum Gasteiger partial charge on any atom is 0.229 e. The number of hydrogen-bond acceptors (Lipinski definition) is 3. The van der Waals surface area contributed by atoms with Crippen molar-refractivity contribution in [3.8, 4) is 0 Å². The summed E-state index contributed by atoms with van der Waals surface area (Å²) in [6, 6.07) is 0. The highest BCUT2D eigenvalue weighted by Crippen LogP contribution is 2.27. The van der Waals surface area contributed by atoms with Gasteiger partial charge in [0.25, 0.3) is 0 Å². The Morgan fingerprint density at radius 2 is 2.06 bits per heavy atom. The molecule has 2 N–H and O–H groups in total. The second-order valence-electron chi connectivity index (χ2n) is 5.01. The number of hydrogen-bond donors (Lipinski definition) is 1. The van der Waals surface area contributed by atoms with Crippen LogP contribution in [0.5, 0.6) is 0 Å². The lowest BCUT2D eigenvalue weighted by atomic mass is 9.81. The van der Waals surface area contributed by atoms with Gasteiger partial charge in [0.1, 0.15) is 0 Å². The monoisotopic (exact) mass is 278 g/mol. The van der Waals surface area contributed by atoms with E-state index in [-0.39, 0.29) is 29.8 Å². The molecule has 0 bridgehead atoms. The Morgan fingerprint density at radius 3 is 2.44 bits per heavy atom.